The van der Waals surface area contributed by atoms with E-state index in [2.05, 4.69) is 10.3 Å². The van der Waals surface area contributed by atoms with E-state index >= 15 is 0 Å². The number of pyridine rings is 1. The van der Waals surface area contributed by atoms with E-state index in [0.29, 0.717) is 16.3 Å². The summed E-state index contributed by atoms with van der Waals surface area (Å²) in [4.78, 5) is 17.1. The SMILES string of the molecule is COc1c([C@@H]2[C@@H](C(=O)Nc3ccnc(S(C)=O)c3)OC(C)(C)[C@@H]2C)ccc(F)c1F. The Labute approximate surface area is 176 Å². The number of rotatable bonds is 5. The number of amides is 1. The molecule has 0 spiro atoms. The fraction of sp³-hybridized carbons (Fsp3) is 0.429. The third kappa shape index (κ3) is 4.09. The van der Waals surface area contributed by atoms with Crippen LogP contribution in [0.1, 0.15) is 32.3 Å². The Morgan fingerprint density at radius 2 is 2.00 bits per heavy atom. The first-order valence-electron chi connectivity index (χ1n) is 9.37. The fourth-order valence-corrected chi connectivity index (χ4v) is 4.23. The van der Waals surface area contributed by atoms with E-state index in [0.717, 1.165) is 6.07 Å². The van der Waals surface area contributed by atoms with Gasteiger partial charge >= 0.3 is 0 Å². The van der Waals surface area contributed by atoms with Crippen LogP contribution in [0.5, 0.6) is 5.75 Å². The van der Waals surface area contributed by atoms with E-state index in [9.17, 15) is 17.8 Å². The first-order chi connectivity index (χ1) is 14.1. The largest absolute Gasteiger partial charge is 0.493 e. The molecule has 6 nitrogen and oxygen atoms in total. The van der Waals surface area contributed by atoms with Crippen LogP contribution in [0.15, 0.2) is 35.5 Å². The molecule has 1 fully saturated rings. The molecular formula is C21H24F2N2O4S. The zero-order chi connectivity index (χ0) is 22.2. The number of carbonyl (C=O) groups excluding carboxylic acids is 1. The molecule has 4 atom stereocenters. The summed E-state index contributed by atoms with van der Waals surface area (Å²) in [5.74, 6) is -3.61. The van der Waals surface area contributed by atoms with E-state index in [1.165, 1.54) is 31.7 Å². The van der Waals surface area contributed by atoms with Crippen LogP contribution in [-0.2, 0) is 20.3 Å². The van der Waals surface area contributed by atoms with Gasteiger partial charge in [0.05, 0.1) is 23.5 Å². The van der Waals surface area contributed by atoms with Gasteiger partial charge < -0.3 is 14.8 Å². The summed E-state index contributed by atoms with van der Waals surface area (Å²) in [6.45, 7) is 5.58. The van der Waals surface area contributed by atoms with Gasteiger partial charge in [-0.3, -0.25) is 9.00 Å². The van der Waals surface area contributed by atoms with Crippen LogP contribution >= 0.6 is 0 Å². The summed E-state index contributed by atoms with van der Waals surface area (Å²) in [6.07, 6.45) is 1.96. The molecule has 1 saturated heterocycles. The number of anilines is 1. The summed E-state index contributed by atoms with van der Waals surface area (Å²) in [5.41, 5.74) is 0.0773. The predicted molar refractivity (Wildman–Crippen MR) is 109 cm³/mol. The van der Waals surface area contributed by atoms with Crippen LogP contribution in [0.2, 0.25) is 0 Å². The average Bonchev–Trinajstić information content (AvgIpc) is 2.93. The van der Waals surface area contributed by atoms with Crippen LogP contribution < -0.4 is 10.1 Å². The van der Waals surface area contributed by atoms with Crippen molar-refractivity contribution in [3.05, 3.63) is 47.7 Å². The highest BCUT2D eigenvalue weighted by atomic mass is 32.2. The van der Waals surface area contributed by atoms with Crippen molar-refractivity contribution in [1.29, 1.82) is 0 Å². The van der Waals surface area contributed by atoms with Crippen LogP contribution in [0.3, 0.4) is 0 Å². The quantitative estimate of drug-likeness (QED) is 0.771. The summed E-state index contributed by atoms with van der Waals surface area (Å²) < 4.78 is 50.9. The van der Waals surface area contributed by atoms with Gasteiger partial charge in [0, 0.05) is 29.6 Å². The van der Waals surface area contributed by atoms with Crippen LogP contribution in [0, 0.1) is 17.6 Å². The first kappa shape index (κ1) is 22.3. The first-order valence-corrected chi connectivity index (χ1v) is 10.9. The van der Waals surface area contributed by atoms with Crippen molar-refractivity contribution in [1.82, 2.24) is 4.98 Å². The molecule has 0 radical (unpaired) electrons. The third-order valence-electron chi connectivity index (χ3n) is 5.59. The van der Waals surface area contributed by atoms with Gasteiger partial charge in [0.25, 0.3) is 5.91 Å². The normalized spacial score (nSPS) is 23.8. The molecule has 2 heterocycles. The second-order valence-electron chi connectivity index (χ2n) is 7.77. The number of methoxy groups -OCH3 is 1. The highest BCUT2D eigenvalue weighted by Crippen LogP contribution is 2.49. The maximum atomic E-state index is 14.4. The van der Waals surface area contributed by atoms with Crippen molar-refractivity contribution in [3.8, 4) is 5.75 Å². The lowest BCUT2D eigenvalue weighted by atomic mass is 9.78. The van der Waals surface area contributed by atoms with Gasteiger partial charge in [-0.2, -0.15) is 4.39 Å². The minimum absolute atomic E-state index is 0.205. The van der Waals surface area contributed by atoms with Crippen molar-refractivity contribution in [2.75, 3.05) is 18.7 Å². The molecule has 1 aromatic heterocycles. The lowest BCUT2D eigenvalue weighted by molar-refractivity contribution is -0.131. The van der Waals surface area contributed by atoms with Gasteiger partial charge in [0.15, 0.2) is 11.6 Å². The topological polar surface area (TPSA) is 77.5 Å². The van der Waals surface area contributed by atoms with Gasteiger partial charge in [-0.1, -0.05) is 13.0 Å². The number of nitrogens with zero attached hydrogens (tertiary/aromatic N) is 1. The molecule has 1 aliphatic rings. The standard InChI is InChI=1S/C21H24F2N2O4S/c1-11-16(13-6-7-14(22)17(23)18(13)28-4)19(29-21(11,2)3)20(26)25-12-8-9-24-15(10-12)30(5)27/h6-11,16,19H,1-5H3,(H,24,25,26)/t11-,16-,19+,30?/m1/s1. The van der Waals surface area contributed by atoms with E-state index in [4.69, 9.17) is 9.47 Å². The van der Waals surface area contributed by atoms with Crippen LogP contribution in [0.4, 0.5) is 14.5 Å². The molecule has 1 aliphatic heterocycles. The number of benzene rings is 1. The van der Waals surface area contributed by atoms with Gasteiger partial charge in [-0.05, 0) is 38.0 Å². The smallest absolute Gasteiger partial charge is 0.254 e. The Balaban J connectivity index is 1.98. The number of hydrogen-bond donors (Lipinski definition) is 1. The Morgan fingerprint density at radius 1 is 1.30 bits per heavy atom. The molecule has 30 heavy (non-hydrogen) atoms. The average molecular weight is 438 g/mol. The molecule has 2 aromatic rings. The number of carbonyl (C=O) groups is 1. The Morgan fingerprint density at radius 3 is 2.63 bits per heavy atom. The number of ether oxygens (including phenoxy) is 2. The monoisotopic (exact) mass is 438 g/mol. The lowest BCUT2D eigenvalue weighted by Crippen LogP contribution is -2.33. The lowest BCUT2D eigenvalue weighted by Gasteiger charge is -2.25. The maximum Gasteiger partial charge on any atom is 0.254 e. The van der Waals surface area contributed by atoms with E-state index in [-0.39, 0.29) is 11.7 Å². The Kier molecular flexibility index (Phi) is 6.24. The Bertz CT molecular complexity index is 999. The number of nitrogens with one attached hydrogen (secondary N) is 1. The second kappa shape index (κ2) is 8.39. The van der Waals surface area contributed by atoms with Crippen molar-refractivity contribution >= 4 is 22.4 Å². The molecule has 3 rings (SSSR count). The molecule has 162 valence electrons. The van der Waals surface area contributed by atoms with Gasteiger partial charge in [-0.25, -0.2) is 9.37 Å². The van der Waals surface area contributed by atoms with Crippen LogP contribution in [-0.4, -0.2) is 40.2 Å². The van der Waals surface area contributed by atoms with Crippen molar-refractivity contribution < 1.29 is 27.3 Å². The molecule has 0 bridgehead atoms. The summed E-state index contributed by atoms with van der Waals surface area (Å²) in [6, 6.07) is 5.54. The molecule has 1 N–H and O–H groups in total. The predicted octanol–water partition coefficient (Wildman–Crippen LogP) is 3.64. The third-order valence-corrected chi connectivity index (χ3v) is 6.40. The van der Waals surface area contributed by atoms with Gasteiger partial charge in [0.2, 0.25) is 5.82 Å². The van der Waals surface area contributed by atoms with Crippen molar-refractivity contribution in [2.45, 2.75) is 43.4 Å². The van der Waals surface area contributed by atoms with E-state index in [1.54, 1.807) is 6.07 Å². The fourth-order valence-electron chi connectivity index (χ4n) is 3.73. The summed E-state index contributed by atoms with van der Waals surface area (Å²) >= 11 is 0. The Hall–Kier alpha value is -2.39. The molecule has 9 heteroatoms. The molecule has 1 aromatic carbocycles. The highest BCUT2D eigenvalue weighted by Gasteiger charge is 2.51. The van der Waals surface area contributed by atoms with Crippen molar-refractivity contribution in [2.24, 2.45) is 5.92 Å². The zero-order valence-electron chi connectivity index (χ0n) is 17.4. The molecular weight excluding hydrogens is 414 g/mol. The van der Waals surface area contributed by atoms with E-state index in [1.807, 2.05) is 20.8 Å². The van der Waals surface area contributed by atoms with E-state index < -0.39 is 46.0 Å². The zero-order valence-corrected chi connectivity index (χ0v) is 18.2. The molecule has 0 aliphatic carbocycles. The summed E-state index contributed by atoms with van der Waals surface area (Å²) in [7, 11) is -0.0522. The number of aromatic nitrogens is 1. The minimum atomic E-state index is -1.31. The summed E-state index contributed by atoms with van der Waals surface area (Å²) in [5, 5.41) is 3.08. The number of hydrogen-bond acceptors (Lipinski definition) is 5. The van der Waals surface area contributed by atoms with Gasteiger partial charge in [-0.15, -0.1) is 0 Å². The van der Waals surface area contributed by atoms with Gasteiger partial charge in [0.1, 0.15) is 11.1 Å². The van der Waals surface area contributed by atoms with Crippen LogP contribution in [0.25, 0.3) is 0 Å². The second-order valence-corrected chi connectivity index (χ2v) is 9.09. The molecule has 1 unspecified atom stereocenters. The molecule has 0 saturated carbocycles. The maximum absolute atomic E-state index is 14.4. The molecule has 1 amide bonds. The number of halogens is 2. The van der Waals surface area contributed by atoms with Crippen molar-refractivity contribution in [3.63, 3.8) is 0 Å². The minimum Gasteiger partial charge on any atom is -0.493 e. The highest BCUT2D eigenvalue weighted by molar-refractivity contribution is 7.84.